The van der Waals surface area contributed by atoms with Crippen molar-refractivity contribution in [3.63, 3.8) is 0 Å². The summed E-state index contributed by atoms with van der Waals surface area (Å²) in [5.74, 6) is 0.151. The number of rotatable bonds is 3. The van der Waals surface area contributed by atoms with Crippen molar-refractivity contribution in [2.24, 2.45) is 0 Å². The summed E-state index contributed by atoms with van der Waals surface area (Å²) in [5.41, 5.74) is 1.37. The quantitative estimate of drug-likeness (QED) is 0.872. The van der Waals surface area contributed by atoms with Gasteiger partial charge in [0.25, 0.3) is 0 Å². The number of carbonyl (C=O) groups is 1. The van der Waals surface area contributed by atoms with Crippen molar-refractivity contribution in [3.8, 4) is 0 Å². The van der Waals surface area contributed by atoms with Crippen LogP contribution in [-0.4, -0.2) is 17.7 Å². The Hall–Kier alpha value is -1.39. The van der Waals surface area contributed by atoms with E-state index in [1.165, 1.54) is 0 Å². The van der Waals surface area contributed by atoms with Crippen LogP contribution in [0.1, 0.15) is 12.0 Å². The van der Waals surface area contributed by atoms with Crippen LogP contribution < -0.4 is 0 Å². The highest BCUT2D eigenvalue weighted by molar-refractivity contribution is 9.10. The topological polar surface area (TPSA) is 46.5 Å². The highest BCUT2D eigenvalue weighted by atomic mass is 79.9. The monoisotopic (exact) mass is 294 g/mol. The Kier molecular flexibility index (Phi) is 3.76. The summed E-state index contributed by atoms with van der Waals surface area (Å²) in [4.78, 5) is 11.6. The van der Waals surface area contributed by atoms with E-state index in [4.69, 9.17) is 9.84 Å². The Morgan fingerprint density at radius 3 is 2.65 bits per heavy atom. The van der Waals surface area contributed by atoms with Crippen LogP contribution in [0.15, 0.2) is 46.6 Å². The van der Waals surface area contributed by atoms with Crippen LogP contribution >= 0.6 is 15.9 Å². The number of cyclic esters (lactones) is 1. The first-order valence-electron chi connectivity index (χ1n) is 5.21. The molecule has 0 amide bonds. The number of ether oxygens (including phenoxy) is 1. The molecule has 0 unspecified atom stereocenters. The molecule has 1 aromatic carbocycles. The Labute approximate surface area is 108 Å². The van der Waals surface area contributed by atoms with Crippen LogP contribution in [0.5, 0.6) is 0 Å². The molecule has 1 aliphatic heterocycles. The SMILES string of the molecule is O=C1O/C(=C\CCO)C=C1c1ccc(Br)cc1. The lowest BCUT2D eigenvalue weighted by Gasteiger charge is -1.99. The Morgan fingerprint density at radius 1 is 1.29 bits per heavy atom. The van der Waals surface area contributed by atoms with Crippen LogP contribution in [0.2, 0.25) is 0 Å². The molecule has 0 fully saturated rings. The van der Waals surface area contributed by atoms with Crippen molar-refractivity contribution >= 4 is 27.5 Å². The van der Waals surface area contributed by atoms with Gasteiger partial charge in [0.15, 0.2) is 0 Å². The molecule has 1 aromatic rings. The number of allylic oxidation sites excluding steroid dienone is 1. The summed E-state index contributed by atoms with van der Waals surface area (Å²) >= 11 is 3.34. The Balaban J connectivity index is 2.26. The maximum Gasteiger partial charge on any atom is 0.344 e. The zero-order valence-electron chi connectivity index (χ0n) is 9.02. The number of esters is 1. The molecule has 1 heterocycles. The second-order valence-corrected chi connectivity index (χ2v) is 4.49. The molecular formula is C13H11BrO3. The van der Waals surface area contributed by atoms with E-state index in [0.717, 1.165) is 10.0 Å². The molecule has 4 heteroatoms. The fourth-order valence-electron chi connectivity index (χ4n) is 1.53. The highest BCUT2D eigenvalue weighted by Crippen LogP contribution is 2.27. The van der Waals surface area contributed by atoms with Gasteiger partial charge in [0.2, 0.25) is 0 Å². The van der Waals surface area contributed by atoms with E-state index in [0.29, 0.717) is 17.8 Å². The number of benzene rings is 1. The van der Waals surface area contributed by atoms with Gasteiger partial charge < -0.3 is 9.84 Å². The maximum absolute atomic E-state index is 11.6. The fraction of sp³-hybridized carbons (Fsp3) is 0.154. The third-order valence-corrected chi connectivity index (χ3v) is 2.88. The van der Waals surface area contributed by atoms with Crippen molar-refractivity contribution < 1.29 is 14.6 Å². The van der Waals surface area contributed by atoms with Gasteiger partial charge in [0, 0.05) is 11.1 Å². The summed E-state index contributed by atoms with van der Waals surface area (Å²) in [5, 5.41) is 8.69. The molecule has 17 heavy (non-hydrogen) atoms. The first-order valence-corrected chi connectivity index (χ1v) is 6.01. The van der Waals surface area contributed by atoms with Gasteiger partial charge in [-0.2, -0.15) is 0 Å². The van der Waals surface area contributed by atoms with Crippen LogP contribution in [0.25, 0.3) is 5.57 Å². The molecule has 0 aliphatic carbocycles. The van der Waals surface area contributed by atoms with E-state index in [1.54, 1.807) is 12.2 Å². The molecule has 0 saturated carbocycles. The number of carbonyl (C=O) groups excluding carboxylic acids is 1. The number of halogens is 1. The van der Waals surface area contributed by atoms with E-state index in [9.17, 15) is 4.79 Å². The lowest BCUT2D eigenvalue weighted by atomic mass is 10.1. The van der Waals surface area contributed by atoms with Crippen LogP contribution in [0.4, 0.5) is 0 Å². The second-order valence-electron chi connectivity index (χ2n) is 3.57. The van der Waals surface area contributed by atoms with Gasteiger partial charge in [-0.25, -0.2) is 4.79 Å². The molecule has 3 nitrogen and oxygen atoms in total. The van der Waals surface area contributed by atoms with Gasteiger partial charge in [-0.3, -0.25) is 0 Å². The van der Waals surface area contributed by atoms with Gasteiger partial charge in [-0.1, -0.05) is 28.1 Å². The predicted octanol–water partition coefficient (Wildman–Crippen LogP) is 2.66. The zero-order valence-corrected chi connectivity index (χ0v) is 10.6. The second kappa shape index (κ2) is 5.29. The van der Waals surface area contributed by atoms with Gasteiger partial charge in [-0.15, -0.1) is 0 Å². The number of hydrogen-bond acceptors (Lipinski definition) is 3. The largest absolute Gasteiger partial charge is 0.423 e. The van der Waals surface area contributed by atoms with Crippen molar-refractivity contribution in [3.05, 3.63) is 52.2 Å². The first-order chi connectivity index (χ1) is 8.20. The normalized spacial score (nSPS) is 17.2. The molecule has 0 aromatic heterocycles. The van der Waals surface area contributed by atoms with Gasteiger partial charge in [0.05, 0.1) is 5.57 Å². The van der Waals surface area contributed by atoms with Crippen molar-refractivity contribution in [2.75, 3.05) is 6.61 Å². The average molecular weight is 295 g/mol. The van der Waals surface area contributed by atoms with Crippen LogP contribution in [-0.2, 0) is 9.53 Å². The van der Waals surface area contributed by atoms with Gasteiger partial charge >= 0.3 is 5.97 Å². The molecule has 2 rings (SSSR count). The van der Waals surface area contributed by atoms with Gasteiger partial charge in [-0.05, 0) is 36.3 Å². The summed E-state index contributed by atoms with van der Waals surface area (Å²) < 4.78 is 6.03. The molecule has 0 radical (unpaired) electrons. The summed E-state index contributed by atoms with van der Waals surface area (Å²) in [6.07, 6.45) is 3.87. The van der Waals surface area contributed by atoms with E-state index < -0.39 is 0 Å². The smallest absolute Gasteiger partial charge is 0.344 e. The van der Waals surface area contributed by atoms with Crippen molar-refractivity contribution in [1.82, 2.24) is 0 Å². The highest BCUT2D eigenvalue weighted by Gasteiger charge is 2.22. The van der Waals surface area contributed by atoms with Crippen LogP contribution in [0, 0.1) is 0 Å². The minimum Gasteiger partial charge on any atom is -0.423 e. The Morgan fingerprint density at radius 2 is 2.00 bits per heavy atom. The van der Waals surface area contributed by atoms with Crippen molar-refractivity contribution in [2.45, 2.75) is 6.42 Å². The maximum atomic E-state index is 11.6. The van der Waals surface area contributed by atoms with E-state index >= 15 is 0 Å². The standard InChI is InChI=1S/C13H11BrO3/c14-10-5-3-9(4-6-10)12-8-11(2-1-7-15)17-13(12)16/h2-6,8,15H,1,7H2/b11-2-. The molecule has 1 N–H and O–H groups in total. The molecule has 1 aliphatic rings. The molecular weight excluding hydrogens is 284 g/mol. The van der Waals surface area contributed by atoms with Crippen LogP contribution in [0.3, 0.4) is 0 Å². The molecule has 0 atom stereocenters. The minimum absolute atomic E-state index is 0.0442. The van der Waals surface area contributed by atoms with E-state index in [1.807, 2.05) is 24.3 Å². The average Bonchev–Trinajstić information content (AvgIpc) is 2.69. The third-order valence-electron chi connectivity index (χ3n) is 2.35. The number of aliphatic hydroxyl groups excluding tert-OH is 1. The molecule has 0 spiro atoms. The van der Waals surface area contributed by atoms with Gasteiger partial charge in [0.1, 0.15) is 5.76 Å². The van der Waals surface area contributed by atoms with Crippen molar-refractivity contribution in [1.29, 1.82) is 0 Å². The minimum atomic E-state index is -0.350. The molecule has 0 bridgehead atoms. The lowest BCUT2D eigenvalue weighted by molar-refractivity contribution is -0.131. The van der Waals surface area contributed by atoms with E-state index in [-0.39, 0.29) is 12.6 Å². The predicted molar refractivity (Wildman–Crippen MR) is 68.0 cm³/mol. The molecule has 0 saturated heterocycles. The summed E-state index contributed by atoms with van der Waals surface area (Å²) in [6.45, 7) is 0.0442. The number of aliphatic hydroxyl groups is 1. The Bertz CT molecular complexity index is 486. The molecule has 88 valence electrons. The first kappa shape index (κ1) is 12.1. The summed E-state index contributed by atoms with van der Waals surface area (Å²) in [6, 6.07) is 7.45. The fourth-order valence-corrected chi connectivity index (χ4v) is 1.80. The summed E-state index contributed by atoms with van der Waals surface area (Å²) in [7, 11) is 0. The third kappa shape index (κ3) is 2.84. The van der Waals surface area contributed by atoms with E-state index in [2.05, 4.69) is 15.9 Å². The number of hydrogen-bond donors (Lipinski definition) is 1. The zero-order chi connectivity index (χ0) is 12.3. The lowest BCUT2D eigenvalue weighted by Crippen LogP contribution is -1.98.